The molecule has 7 heteroatoms. The summed E-state index contributed by atoms with van der Waals surface area (Å²) in [4.78, 5) is 13.9. The fourth-order valence-corrected chi connectivity index (χ4v) is 4.36. The average molecular weight is 434 g/mol. The summed E-state index contributed by atoms with van der Waals surface area (Å²) in [5.41, 5.74) is 7.63. The predicted octanol–water partition coefficient (Wildman–Crippen LogP) is 5.10. The van der Waals surface area contributed by atoms with E-state index in [1.165, 1.54) is 16.9 Å². The lowest BCUT2D eigenvalue weighted by Gasteiger charge is -2.34. The standard InChI is InChI=1S/C25H35N7/c1-10-17-11-14(2)18-13-19(15(3)12-20(18)31(17)9)27-21-22(25(5,6)7)29-32-24(21)28-23(30-32)16(4)26-8/h10,12-14,16,26H,11H2,1-9H3/b17-10+,27-21-. The first-order valence-corrected chi connectivity index (χ1v) is 11.4. The van der Waals surface area contributed by atoms with Gasteiger partial charge >= 0.3 is 0 Å². The van der Waals surface area contributed by atoms with Crippen LogP contribution < -0.4 is 10.2 Å². The van der Waals surface area contributed by atoms with Crippen molar-refractivity contribution in [1.82, 2.24) is 20.2 Å². The second-order valence-corrected chi connectivity index (χ2v) is 9.99. The first-order valence-electron chi connectivity index (χ1n) is 11.4. The molecule has 0 amide bonds. The van der Waals surface area contributed by atoms with Crippen molar-refractivity contribution in [2.24, 2.45) is 15.5 Å². The van der Waals surface area contributed by atoms with Crippen LogP contribution in [0.2, 0.25) is 0 Å². The Hall–Kier alpha value is -2.80. The maximum atomic E-state index is 5.16. The molecule has 7 nitrogen and oxygen atoms in total. The molecule has 0 saturated carbocycles. The van der Waals surface area contributed by atoms with Crippen LogP contribution in [-0.2, 0) is 0 Å². The maximum absolute atomic E-state index is 5.16. The van der Waals surface area contributed by atoms with Gasteiger partial charge in [0.1, 0.15) is 5.71 Å². The minimum absolute atomic E-state index is 0.0466. The molecule has 0 saturated heterocycles. The molecule has 2 atom stereocenters. The number of rotatable bonds is 3. The van der Waals surface area contributed by atoms with Crippen molar-refractivity contribution in [2.75, 3.05) is 19.0 Å². The third kappa shape index (κ3) is 3.68. The van der Waals surface area contributed by atoms with Crippen molar-refractivity contribution in [3.8, 4) is 0 Å². The number of nitrogens with one attached hydrogen (secondary N) is 1. The molecule has 2 unspecified atom stereocenters. The molecule has 1 aromatic carbocycles. The molecule has 2 aliphatic heterocycles. The van der Waals surface area contributed by atoms with E-state index in [0.717, 1.165) is 34.9 Å². The van der Waals surface area contributed by atoms with E-state index in [1.54, 1.807) is 4.79 Å². The Morgan fingerprint density at radius 3 is 2.62 bits per heavy atom. The Kier molecular flexibility index (Phi) is 5.57. The molecule has 32 heavy (non-hydrogen) atoms. The lowest BCUT2D eigenvalue weighted by atomic mass is 9.86. The van der Waals surface area contributed by atoms with Crippen LogP contribution in [0.15, 0.2) is 34.0 Å². The monoisotopic (exact) mass is 433 g/mol. The quantitative estimate of drug-likeness (QED) is 0.731. The van der Waals surface area contributed by atoms with E-state index in [0.29, 0.717) is 11.7 Å². The van der Waals surface area contributed by atoms with Gasteiger partial charge < -0.3 is 10.2 Å². The van der Waals surface area contributed by atoms with E-state index in [9.17, 15) is 0 Å². The van der Waals surface area contributed by atoms with Gasteiger partial charge in [-0.3, -0.25) is 0 Å². The summed E-state index contributed by atoms with van der Waals surface area (Å²) in [7, 11) is 4.06. The van der Waals surface area contributed by atoms with E-state index in [4.69, 9.17) is 15.1 Å². The van der Waals surface area contributed by atoms with Crippen LogP contribution in [0, 0.1) is 12.3 Å². The lowest BCUT2D eigenvalue weighted by Crippen LogP contribution is -2.27. The topological polar surface area (TPSA) is 70.7 Å². The van der Waals surface area contributed by atoms with Gasteiger partial charge in [-0.1, -0.05) is 33.8 Å². The van der Waals surface area contributed by atoms with Gasteiger partial charge in [-0.05, 0) is 63.4 Å². The number of hydrogen-bond acceptors (Lipinski definition) is 6. The van der Waals surface area contributed by atoms with Gasteiger partial charge in [-0.15, -0.1) is 9.89 Å². The normalized spacial score (nSPS) is 21.7. The molecule has 4 rings (SSSR count). The SMILES string of the molecule is C/C=C1\CC(C)c2cc(/N=C3/C(C(C)(C)C)=Nn4nc(C(C)NC)nc43)c(C)cc2N1C. The highest BCUT2D eigenvalue weighted by Gasteiger charge is 2.35. The van der Waals surface area contributed by atoms with Crippen molar-refractivity contribution in [3.05, 3.63) is 46.7 Å². The van der Waals surface area contributed by atoms with Gasteiger partial charge in [0.05, 0.1) is 17.4 Å². The number of allylic oxidation sites excluding steroid dienone is 2. The summed E-state index contributed by atoms with van der Waals surface area (Å²) in [5.74, 6) is 1.88. The van der Waals surface area contributed by atoms with Crippen LogP contribution >= 0.6 is 0 Å². The summed E-state index contributed by atoms with van der Waals surface area (Å²) in [6, 6.07) is 4.56. The number of aliphatic imine (C=N–C) groups is 1. The van der Waals surface area contributed by atoms with Crippen LogP contribution in [0.25, 0.3) is 0 Å². The zero-order chi connectivity index (χ0) is 23.4. The molecule has 1 N–H and O–H groups in total. The first kappa shape index (κ1) is 22.4. The van der Waals surface area contributed by atoms with Gasteiger partial charge in [-0.2, -0.15) is 5.10 Å². The molecular weight excluding hydrogens is 398 g/mol. The summed E-state index contributed by atoms with van der Waals surface area (Å²) in [6.07, 6.45) is 3.25. The summed E-state index contributed by atoms with van der Waals surface area (Å²) in [5, 5.41) is 12.6. The Bertz CT molecular complexity index is 1140. The second-order valence-electron chi connectivity index (χ2n) is 9.99. The van der Waals surface area contributed by atoms with Crippen LogP contribution in [0.3, 0.4) is 0 Å². The molecule has 0 spiro atoms. The largest absolute Gasteiger partial charge is 0.348 e. The molecular formula is C25H35N7. The zero-order valence-corrected chi connectivity index (χ0v) is 20.8. The Balaban J connectivity index is 1.85. The molecule has 0 radical (unpaired) electrons. The van der Waals surface area contributed by atoms with Gasteiger partial charge in [0.25, 0.3) is 0 Å². The van der Waals surface area contributed by atoms with Gasteiger partial charge in [0, 0.05) is 23.8 Å². The average Bonchev–Trinajstić information content (AvgIpc) is 3.30. The number of benzene rings is 1. The van der Waals surface area contributed by atoms with E-state index < -0.39 is 0 Å². The lowest BCUT2D eigenvalue weighted by molar-refractivity contribution is 0.579. The number of anilines is 1. The number of aromatic nitrogens is 3. The predicted molar refractivity (Wildman–Crippen MR) is 132 cm³/mol. The van der Waals surface area contributed by atoms with Crippen LogP contribution in [0.4, 0.5) is 11.4 Å². The van der Waals surface area contributed by atoms with Gasteiger partial charge in [0.2, 0.25) is 5.82 Å². The third-order valence-electron chi connectivity index (χ3n) is 6.52. The zero-order valence-electron chi connectivity index (χ0n) is 20.8. The summed E-state index contributed by atoms with van der Waals surface area (Å²) < 4.78 is 0. The molecule has 0 fully saturated rings. The van der Waals surface area contributed by atoms with Crippen molar-refractivity contribution < 1.29 is 0 Å². The fraction of sp³-hybridized carbons (Fsp3) is 0.520. The van der Waals surface area contributed by atoms with Crippen LogP contribution in [0.1, 0.15) is 82.7 Å². The van der Waals surface area contributed by atoms with E-state index >= 15 is 0 Å². The highest BCUT2D eigenvalue weighted by molar-refractivity contribution is 6.50. The summed E-state index contributed by atoms with van der Waals surface area (Å²) in [6.45, 7) is 15.0. The molecule has 2 aliphatic rings. The van der Waals surface area contributed by atoms with E-state index in [1.807, 2.05) is 14.0 Å². The number of nitrogens with zero attached hydrogens (tertiary/aromatic N) is 6. The first-order chi connectivity index (χ1) is 15.0. The van der Waals surface area contributed by atoms with Crippen LogP contribution in [0.5, 0.6) is 0 Å². The molecule has 2 aromatic rings. The molecule has 0 aliphatic carbocycles. The smallest absolute Gasteiger partial charge is 0.204 e. The summed E-state index contributed by atoms with van der Waals surface area (Å²) >= 11 is 0. The third-order valence-corrected chi connectivity index (χ3v) is 6.52. The number of fused-ring (bicyclic) bond motifs is 2. The van der Waals surface area contributed by atoms with Crippen LogP contribution in [-0.4, -0.2) is 40.4 Å². The second kappa shape index (κ2) is 7.96. The fourth-order valence-electron chi connectivity index (χ4n) is 4.36. The molecule has 3 heterocycles. The van der Waals surface area contributed by atoms with Gasteiger partial charge in [-0.25, -0.2) is 9.98 Å². The van der Waals surface area contributed by atoms with E-state index in [2.05, 4.69) is 82.1 Å². The maximum Gasteiger partial charge on any atom is 0.204 e. The minimum atomic E-state index is -0.174. The Labute approximate surface area is 191 Å². The van der Waals surface area contributed by atoms with Crippen molar-refractivity contribution in [3.63, 3.8) is 0 Å². The van der Waals surface area contributed by atoms with Crippen molar-refractivity contribution >= 4 is 22.8 Å². The highest BCUT2D eigenvalue weighted by Crippen LogP contribution is 2.42. The number of aryl methyl sites for hydroxylation is 1. The molecule has 1 aromatic heterocycles. The molecule has 0 bridgehead atoms. The minimum Gasteiger partial charge on any atom is -0.348 e. The highest BCUT2D eigenvalue weighted by atomic mass is 15.6. The van der Waals surface area contributed by atoms with E-state index in [-0.39, 0.29) is 11.5 Å². The Morgan fingerprint density at radius 2 is 2.00 bits per heavy atom. The van der Waals surface area contributed by atoms with Gasteiger partial charge in [0.15, 0.2) is 5.82 Å². The van der Waals surface area contributed by atoms with Crippen molar-refractivity contribution in [2.45, 2.75) is 66.8 Å². The number of hydrogen-bond donors (Lipinski definition) is 1. The molecule has 170 valence electrons. The van der Waals surface area contributed by atoms with Crippen molar-refractivity contribution in [1.29, 1.82) is 0 Å². The Morgan fingerprint density at radius 1 is 1.28 bits per heavy atom.